The van der Waals surface area contributed by atoms with Gasteiger partial charge >= 0.3 is 0 Å². The lowest BCUT2D eigenvalue weighted by atomic mass is 10.0. The molecule has 4 heteroatoms. The van der Waals surface area contributed by atoms with Gasteiger partial charge in [-0.3, -0.25) is 4.39 Å². The molecule has 0 radical (unpaired) electrons. The van der Waals surface area contributed by atoms with Crippen molar-refractivity contribution in [1.82, 2.24) is 0 Å². The Hall–Kier alpha value is -2.36. The van der Waals surface area contributed by atoms with Crippen molar-refractivity contribution in [3.63, 3.8) is 0 Å². The number of halogens is 1. The van der Waals surface area contributed by atoms with Crippen molar-refractivity contribution >= 4 is 5.96 Å². The van der Waals surface area contributed by atoms with Gasteiger partial charge in [-0.2, -0.15) is 0 Å². The summed E-state index contributed by atoms with van der Waals surface area (Å²) < 4.78 is 12.1. The van der Waals surface area contributed by atoms with Gasteiger partial charge in [0.1, 0.15) is 0 Å². The van der Waals surface area contributed by atoms with Crippen LogP contribution in [-0.4, -0.2) is 12.6 Å². The number of alkyl halides is 1. The zero-order valence-electron chi connectivity index (χ0n) is 11.9. The van der Waals surface area contributed by atoms with Gasteiger partial charge in [-0.25, -0.2) is 4.99 Å². The second-order valence-electron chi connectivity index (χ2n) is 4.93. The monoisotopic (exact) mass is 285 g/mol. The molecule has 0 spiro atoms. The predicted molar refractivity (Wildman–Crippen MR) is 85.7 cm³/mol. The molecule has 21 heavy (non-hydrogen) atoms. The van der Waals surface area contributed by atoms with Crippen molar-refractivity contribution in [2.45, 2.75) is 19.4 Å². The fourth-order valence-corrected chi connectivity index (χ4v) is 2.12. The van der Waals surface area contributed by atoms with Gasteiger partial charge in [0.15, 0.2) is 5.96 Å². The summed E-state index contributed by atoms with van der Waals surface area (Å²) in [6.45, 7) is 0.226. The van der Waals surface area contributed by atoms with Crippen LogP contribution < -0.4 is 11.5 Å². The third kappa shape index (κ3) is 4.60. The summed E-state index contributed by atoms with van der Waals surface area (Å²) >= 11 is 0. The summed E-state index contributed by atoms with van der Waals surface area (Å²) in [5.74, 6) is 0.0999. The van der Waals surface area contributed by atoms with Crippen LogP contribution in [0.4, 0.5) is 4.39 Å². The molecule has 0 aliphatic carbocycles. The second-order valence-corrected chi connectivity index (χ2v) is 4.93. The number of hydrogen-bond donors (Lipinski definition) is 2. The molecule has 0 bridgehead atoms. The van der Waals surface area contributed by atoms with Crippen molar-refractivity contribution < 1.29 is 4.39 Å². The van der Waals surface area contributed by atoms with Gasteiger partial charge in [0.25, 0.3) is 0 Å². The van der Waals surface area contributed by atoms with Gasteiger partial charge < -0.3 is 11.5 Å². The Labute approximate surface area is 124 Å². The molecule has 2 aromatic rings. The maximum atomic E-state index is 12.1. The number of aryl methyl sites for hydroxylation is 1. The molecule has 0 heterocycles. The molecule has 0 atom stereocenters. The summed E-state index contributed by atoms with van der Waals surface area (Å²) in [4.78, 5) is 3.98. The number of guanidine groups is 1. The molecular weight excluding hydrogens is 265 g/mol. The van der Waals surface area contributed by atoms with Crippen LogP contribution >= 0.6 is 0 Å². The molecule has 0 aromatic heterocycles. The van der Waals surface area contributed by atoms with Crippen LogP contribution in [0.2, 0.25) is 0 Å². The largest absolute Gasteiger partial charge is 0.370 e. The van der Waals surface area contributed by atoms with E-state index in [0.29, 0.717) is 13.0 Å². The van der Waals surface area contributed by atoms with E-state index >= 15 is 0 Å². The lowest BCUT2D eigenvalue weighted by Crippen LogP contribution is -2.22. The summed E-state index contributed by atoms with van der Waals surface area (Å²) in [7, 11) is 0. The zero-order chi connectivity index (χ0) is 15.1. The van der Waals surface area contributed by atoms with Crippen molar-refractivity contribution in [1.29, 1.82) is 0 Å². The third-order valence-corrected chi connectivity index (χ3v) is 3.28. The standard InChI is InChI=1S/C17H20FN3/c18-11-1-2-13-3-7-15(8-4-13)16-9-5-14(6-10-16)12-21-17(19)20/h3-10H,1-2,11-12H2,(H4,19,20,21). The SMILES string of the molecule is NC(N)=NCc1ccc(-c2ccc(CCCF)cc2)cc1. The molecule has 0 amide bonds. The van der Waals surface area contributed by atoms with Crippen LogP contribution in [0.1, 0.15) is 17.5 Å². The molecule has 0 aliphatic heterocycles. The van der Waals surface area contributed by atoms with E-state index in [0.717, 1.165) is 23.1 Å². The van der Waals surface area contributed by atoms with Gasteiger partial charge in [-0.05, 0) is 35.1 Å². The Morgan fingerprint density at radius 2 is 1.38 bits per heavy atom. The van der Waals surface area contributed by atoms with Gasteiger partial charge in [-0.15, -0.1) is 0 Å². The van der Waals surface area contributed by atoms with E-state index in [1.807, 2.05) is 24.3 Å². The minimum absolute atomic E-state index is 0.0999. The lowest BCUT2D eigenvalue weighted by Gasteiger charge is -2.05. The molecule has 0 saturated carbocycles. The highest BCUT2D eigenvalue weighted by Gasteiger charge is 1.99. The first-order valence-corrected chi connectivity index (χ1v) is 6.98. The predicted octanol–water partition coefficient (Wildman–Crippen LogP) is 3.03. The smallest absolute Gasteiger partial charge is 0.186 e. The van der Waals surface area contributed by atoms with E-state index in [-0.39, 0.29) is 12.6 Å². The molecule has 0 unspecified atom stereocenters. The molecule has 0 aliphatic rings. The van der Waals surface area contributed by atoms with Crippen molar-refractivity contribution in [3.8, 4) is 11.1 Å². The third-order valence-electron chi connectivity index (χ3n) is 3.28. The van der Waals surface area contributed by atoms with Crippen molar-refractivity contribution in [2.24, 2.45) is 16.5 Å². The first-order valence-electron chi connectivity index (χ1n) is 6.98. The molecule has 110 valence electrons. The van der Waals surface area contributed by atoms with Gasteiger partial charge in [0.05, 0.1) is 13.2 Å². The first kappa shape index (κ1) is 15.0. The Morgan fingerprint density at radius 1 is 0.857 bits per heavy atom. The summed E-state index contributed by atoms with van der Waals surface area (Å²) in [5.41, 5.74) is 15.1. The average Bonchev–Trinajstić information content (AvgIpc) is 2.52. The van der Waals surface area contributed by atoms with Crippen molar-refractivity contribution in [2.75, 3.05) is 6.67 Å². The molecule has 0 saturated heterocycles. The minimum Gasteiger partial charge on any atom is -0.370 e. The molecule has 2 rings (SSSR count). The first-order chi connectivity index (χ1) is 10.2. The quantitative estimate of drug-likeness (QED) is 0.633. The number of benzene rings is 2. The van der Waals surface area contributed by atoms with E-state index in [9.17, 15) is 4.39 Å². The Morgan fingerprint density at radius 3 is 1.86 bits per heavy atom. The Balaban J connectivity index is 2.06. The summed E-state index contributed by atoms with van der Waals surface area (Å²) in [6.07, 6.45) is 1.37. The van der Waals surface area contributed by atoms with Crippen LogP contribution in [0.3, 0.4) is 0 Å². The van der Waals surface area contributed by atoms with Crippen LogP contribution in [-0.2, 0) is 13.0 Å². The average molecular weight is 285 g/mol. The van der Waals surface area contributed by atoms with E-state index in [1.165, 1.54) is 5.56 Å². The van der Waals surface area contributed by atoms with Crippen LogP contribution in [0, 0.1) is 0 Å². The molecule has 3 nitrogen and oxygen atoms in total. The van der Waals surface area contributed by atoms with E-state index in [4.69, 9.17) is 11.5 Å². The Kier molecular flexibility index (Phi) is 5.32. The Bertz CT molecular complexity index is 584. The van der Waals surface area contributed by atoms with Crippen LogP contribution in [0.5, 0.6) is 0 Å². The molecule has 2 aromatic carbocycles. The lowest BCUT2D eigenvalue weighted by molar-refractivity contribution is 0.473. The fourth-order valence-electron chi connectivity index (χ4n) is 2.12. The molecule has 0 fully saturated rings. The van der Waals surface area contributed by atoms with E-state index < -0.39 is 0 Å². The summed E-state index contributed by atoms with van der Waals surface area (Å²) in [5, 5.41) is 0. The fraction of sp³-hybridized carbons (Fsp3) is 0.235. The number of aliphatic imine (C=N–C) groups is 1. The molecular formula is C17H20FN3. The van der Waals surface area contributed by atoms with Gasteiger partial charge in [0, 0.05) is 0 Å². The van der Waals surface area contributed by atoms with Crippen LogP contribution in [0.15, 0.2) is 53.5 Å². The summed E-state index contributed by atoms with van der Waals surface area (Å²) in [6, 6.07) is 16.4. The minimum atomic E-state index is -0.265. The zero-order valence-corrected chi connectivity index (χ0v) is 11.9. The van der Waals surface area contributed by atoms with E-state index in [1.54, 1.807) is 0 Å². The number of nitrogens with zero attached hydrogens (tertiary/aromatic N) is 1. The normalized spacial score (nSPS) is 10.3. The second kappa shape index (κ2) is 7.43. The van der Waals surface area contributed by atoms with Crippen molar-refractivity contribution in [3.05, 3.63) is 59.7 Å². The molecule has 4 N–H and O–H groups in total. The van der Waals surface area contributed by atoms with Crippen LogP contribution in [0.25, 0.3) is 11.1 Å². The highest BCUT2D eigenvalue weighted by Crippen LogP contribution is 2.21. The highest BCUT2D eigenvalue weighted by molar-refractivity contribution is 5.75. The highest BCUT2D eigenvalue weighted by atomic mass is 19.1. The maximum Gasteiger partial charge on any atom is 0.186 e. The van der Waals surface area contributed by atoms with Gasteiger partial charge in [0.2, 0.25) is 0 Å². The topological polar surface area (TPSA) is 64.4 Å². The number of rotatable bonds is 6. The number of hydrogen-bond acceptors (Lipinski definition) is 1. The number of nitrogens with two attached hydrogens (primary N) is 2. The van der Waals surface area contributed by atoms with E-state index in [2.05, 4.69) is 29.3 Å². The van der Waals surface area contributed by atoms with Gasteiger partial charge in [-0.1, -0.05) is 48.5 Å². The maximum absolute atomic E-state index is 12.1.